The average Bonchev–Trinajstić information content (AvgIpc) is 2.54. The first-order chi connectivity index (χ1) is 11.2. The fourth-order valence-electron chi connectivity index (χ4n) is 2.99. The number of anilines is 2. The van der Waals surface area contributed by atoms with Crippen molar-refractivity contribution in [1.29, 1.82) is 0 Å². The van der Waals surface area contributed by atoms with Crippen molar-refractivity contribution in [2.45, 2.75) is 51.6 Å². The molecule has 1 aliphatic carbocycles. The van der Waals surface area contributed by atoms with E-state index in [1.807, 2.05) is 19.1 Å². The summed E-state index contributed by atoms with van der Waals surface area (Å²) in [7, 11) is 0. The van der Waals surface area contributed by atoms with E-state index in [2.05, 4.69) is 20.6 Å². The Labute approximate surface area is 136 Å². The minimum absolute atomic E-state index is 0.215. The van der Waals surface area contributed by atoms with Gasteiger partial charge in [0.25, 0.3) is 0 Å². The Bertz CT molecular complexity index is 653. The molecule has 2 N–H and O–H groups in total. The maximum Gasteiger partial charge on any atom is 0.225 e. The number of halogens is 1. The van der Waals surface area contributed by atoms with Crippen molar-refractivity contribution in [2.75, 3.05) is 10.6 Å². The average molecular weight is 314 g/mol. The minimum atomic E-state index is -0.215. The molecule has 1 aliphatic rings. The van der Waals surface area contributed by atoms with Crippen LogP contribution < -0.4 is 10.6 Å². The first-order valence-electron chi connectivity index (χ1n) is 8.30. The van der Waals surface area contributed by atoms with Crippen LogP contribution in [0.4, 0.5) is 16.2 Å². The van der Waals surface area contributed by atoms with E-state index in [1.54, 1.807) is 12.1 Å². The summed E-state index contributed by atoms with van der Waals surface area (Å²) in [6.45, 7) is 2.32. The maximum atomic E-state index is 13.7. The van der Waals surface area contributed by atoms with Crippen LogP contribution in [0.5, 0.6) is 0 Å². The molecule has 1 saturated carbocycles. The van der Waals surface area contributed by atoms with Gasteiger partial charge in [-0.3, -0.25) is 0 Å². The van der Waals surface area contributed by atoms with Gasteiger partial charge in [0.15, 0.2) is 0 Å². The molecule has 0 spiro atoms. The summed E-state index contributed by atoms with van der Waals surface area (Å²) in [4.78, 5) is 8.90. The lowest BCUT2D eigenvalue weighted by molar-refractivity contribution is 0.462. The van der Waals surface area contributed by atoms with E-state index in [0.29, 0.717) is 24.1 Å². The highest BCUT2D eigenvalue weighted by atomic mass is 19.1. The van der Waals surface area contributed by atoms with Gasteiger partial charge in [0.2, 0.25) is 5.95 Å². The lowest BCUT2D eigenvalue weighted by Gasteiger charge is -2.23. The van der Waals surface area contributed by atoms with Gasteiger partial charge in [0.05, 0.1) is 0 Å². The molecule has 5 heteroatoms. The molecule has 0 saturated heterocycles. The van der Waals surface area contributed by atoms with E-state index >= 15 is 0 Å². The SMILES string of the molecule is Cc1cc(NC2CCCCC2)nc(NCc2ccccc2F)n1. The van der Waals surface area contributed by atoms with Crippen LogP contribution in [0.1, 0.15) is 43.4 Å². The zero-order valence-corrected chi connectivity index (χ0v) is 13.5. The first-order valence-corrected chi connectivity index (χ1v) is 8.30. The summed E-state index contributed by atoms with van der Waals surface area (Å²) in [6.07, 6.45) is 6.28. The number of nitrogens with one attached hydrogen (secondary N) is 2. The van der Waals surface area contributed by atoms with Crippen LogP contribution in [0.3, 0.4) is 0 Å². The molecule has 4 nitrogen and oxygen atoms in total. The van der Waals surface area contributed by atoms with Gasteiger partial charge in [-0.15, -0.1) is 0 Å². The lowest BCUT2D eigenvalue weighted by atomic mass is 9.95. The summed E-state index contributed by atoms with van der Waals surface area (Å²) in [6, 6.07) is 9.20. The van der Waals surface area contributed by atoms with E-state index < -0.39 is 0 Å². The Morgan fingerprint density at radius 2 is 1.91 bits per heavy atom. The smallest absolute Gasteiger partial charge is 0.225 e. The molecule has 23 heavy (non-hydrogen) atoms. The number of nitrogens with zero attached hydrogens (tertiary/aromatic N) is 2. The normalized spacial score (nSPS) is 15.4. The summed E-state index contributed by atoms with van der Waals surface area (Å²) in [5, 5.41) is 6.62. The molecule has 0 aliphatic heterocycles. The predicted octanol–water partition coefficient (Wildman–Crippen LogP) is 4.28. The second-order valence-electron chi connectivity index (χ2n) is 6.14. The molecule has 1 aromatic heterocycles. The molecule has 0 unspecified atom stereocenters. The fourth-order valence-corrected chi connectivity index (χ4v) is 2.99. The molecule has 0 atom stereocenters. The van der Waals surface area contributed by atoms with E-state index in [-0.39, 0.29) is 5.82 Å². The number of benzene rings is 1. The molecule has 2 aromatic rings. The van der Waals surface area contributed by atoms with E-state index in [9.17, 15) is 4.39 Å². The third-order valence-electron chi connectivity index (χ3n) is 4.21. The Balaban J connectivity index is 1.66. The van der Waals surface area contributed by atoms with E-state index in [4.69, 9.17) is 0 Å². The first kappa shape index (κ1) is 15.7. The summed E-state index contributed by atoms with van der Waals surface area (Å²) < 4.78 is 13.7. The molecule has 1 heterocycles. The molecule has 0 bridgehead atoms. The van der Waals surface area contributed by atoms with Crippen LogP contribution in [0.15, 0.2) is 30.3 Å². The van der Waals surface area contributed by atoms with Crippen molar-refractivity contribution < 1.29 is 4.39 Å². The van der Waals surface area contributed by atoms with Crippen molar-refractivity contribution >= 4 is 11.8 Å². The van der Waals surface area contributed by atoms with Gasteiger partial charge < -0.3 is 10.6 Å². The molecule has 0 amide bonds. The van der Waals surface area contributed by atoms with Gasteiger partial charge >= 0.3 is 0 Å². The fraction of sp³-hybridized carbons (Fsp3) is 0.444. The molecular formula is C18H23FN4. The molecule has 0 radical (unpaired) electrons. The van der Waals surface area contributed by atoms with E-state index in [1.165, 1.54) is 38.2 Å². The standard InChI is InChI=1S/C18H23FN4/c1-13-11-17(22-15-8-3-2-4-9-15)23-18(21-13)20-12-14-7-5-6-10-16(14)19/h5-7,10-11,15H,2-4,8-9,12H2,1H3,(H2,20,21,22,23). The number of aryl methyl sites for hydroxylation is 1. The number of hydrogen-bond donors (Lipinski definition) is 2. The number of rotatable bonds is 5. The molecule has 1 aromatic carbocycles. The zero-order valence-electron chi connectivity index (χ0n) is 13.5. The third kappa shape index (κ3) is 4.41. The van der Waals surface area contributed by atoms with Crippen LogP contribution in [0.25, 0.3) is 0 Å². The van der Waals surface area contributed by atoms with Crippen LogP contribution in [-0.2, 0) is 6.54 Å². The monoisotopic (exact) mass is 314 g/mol. The summed E-state index contributed by atoms with van der Waals surface area (Å²) in [5.74, 6) is 1.17. The largest absolute Gasteiger partial charge is 0.367 e. The van der Waals surface area contributed by atoms with Crippen molar-refractivity contribution in [2.24, 2.45) is 0 Å². The van der Waals surface area contributed by atoms with Crippen LogP contribution in [0, 0.1) is 12.7 Å². The summed E-state index contributed by atoms with van der Waals surface area (Å²) >= 11 is 0. The topological polar surface area (TPSA) is 49.8 Å². The van der Waals surface area contributed by atoms with Gasteiger partial charge in [-0.25, -0.2) is 9.37 Å². The molecular weight excluding hydrogens is 291 g/mol. The highest BCUT2D eigenvalue weighted by Crippen LogP contribution is 2.21. The minimum Gasteiger partial charge on any atom is -0.367 e. The number of aromatic nitrogens is 2. The van der Waals surface area contributed by atoms with E-state index in [0.717, 1.165) is 11.5 Å². The van der Waals surface area contributed by atoms with Gasteiger partial charge in [0.1, 0.15) is 11.6 Å². The second-order valence-corrected chi connectivity index (χ2v) is 6.14. The lowest BCUT2D eigenvalue weighted by Crippen LogP contribution is -2.23. The molecule has 3 rings (SSSR count). The van der Waals surface area contributed by atoms with Crippen molar-refractivity contribution in [3.8, 4) is 0 Å². The van der Waals surface area contributed by atoms with Crippen molar-refractivity contribution in [1.82, 2.24) is 9.97 Å². The van der Waals surface area contributed by atoms with Crippen LogP contribution in [-0.4, -0.2) is 16.0 Å². The Hall–Kier alpha value is -2.17. The molecule has 122 valence electrons. The van der Waals surface area contributed by atoms with Crippen molar-refractivity contribution in [3.63, 3.8) is 0 Å². The highest BCUT2D eigenvalue weighted by molar-refractivity contribution is 5.43. The van der Waals surface area contributed by atoms with Gasteiger partial charge in [-0.2, -0.15) is 4.98 Å². The van der Waals surface area contributed by atoms with Crippen molar-refractivity contribution in [3.05, 3.63) is 47.4 Å². The van der Waals surface area contributed by atoms with Gasteiger partial charge in [-0.05, 0) is 25.8 Å². The third-order valence-corrected chi connectivity index (χ3v) is 4.21. The predicted molar refractivity (Wildman–Crippen MR) is 91.0 cm³/mol. The Morgan fingerprint density at radius 3 is 2.70 bits per heavy atom. The van der Waals surface area contributed by atoms with Gasteiger partial charge in [-0.1, -0.05) is 37.5 Å². The highest BCUT2D eigenvalue weighted by Gasteiger charge is 2.14. The van der Waals surface area contributed by atoms with Crippen LogP contribution in [0.2, 0.25) is 0 Å². The quantitative estimate of drug-likeness (QED) is 0.865. The maximum absolute atomic E-state index is 13.7. The Morgan fingerprint density at radius 1 is 1.13 bits per heavy atom. The second kappa shape index (κ2) is 7.40. The molecule has 1 fully saturated rings. The van der Waals surface area contributed by atoms with Gasteiger partial charge in [0, 0.05) is 29.9 Å². The van der Waals surface area contributed by atoms with Crippen LogP contribution >= 0.6 is 0 Å². The number of hydrogen-bond acceptors (Lipinski definition) is 4. The summed E-state index contributed by atoms with van der Waals surface area (Å²) in [5.41, 5.74) is 1.51. The Kier molecular flexibility index (Phi) is 5.05. The zero-order chi connectivity index (χ0) is 16.1.